The van der Waals surface area contributed by atoms with Gasteiger partial charge in [0.15, 0.2) is 0 Å². The van der Waals surface area contributed by atoms with Crippen molar-refractivity contribution in [2.75, 3.05) is 5.32 Å². The Morgan fingerprint density at radius 1 is 1.28 bits per heavy atom. The molecule has 25 heavy (non-hydrogen) atoms. The first kappa shape index (κ1) is 15.6. The zero-order valence-corrected chi connectivity index (χ0v) is 14.3. The Hall–Kier alpha value is -2.96. The molecule has 0 aliphatic heterocycles. The second kappa shape index (κ2) is 6.16. The molecule has 1 atom stereocenters. The molecule has 1 N–H and O–H groups in total. The molecular formula is C18H20N6O. The van der Waals surface area contributed by atoms with Crippen molar-refractivity contribution in [2.24, 2.45) is 5.92 Å². The van der Waals surface area contributed by atoms with E-state index in [1.165, 1.54) is 12.8 Å². The maximum absolute atomic E-state index is 12.8. The van der Waals surface area contributed by atoms with Crippen LogP contribution in [0.5, 0.6) is 0 Å². The number of carbonyl (C=O) groups excluding carboxylic acids is 1. The zero-order valence-electron chi connectivity index (χ0n) is 14.3. The Balaban J connectivity index is 1.59. The number of aryl methyl sites for hydroxylation is 1. The van der Waals surface area contributed by atoms with Crippen LogP contribution in [0.4, 0.5) is 5.82 Å². The van der Waals surface area contributed by atoms with Crippen LogP contribution in [0.2, 0.25) is 0 Å². The molecule has 1 aromatic carbocycles. The molecule has 2 heterocycles. The normalized spacial score (nSPS) is 15.1. The molecule has 1 amide bonds. The van der Waals surface area contributed by atoms with E-state index in [0.717, 1.165) is 17.1 Å². The van der Waals surface area contributed by atoms with E-state index in [4.69, 9.17) is 0 Å². The molecule has 0 radical (unpaired) electrons. The minimum atomic E-state index is -0.150. The summed E-state index contributed by atoms with van der Waals surface area (Å²) >= 11 is 0. The van der Waals surface area contributed by atoms with Crippen LogP contribution in [0.15, 0.2) is 43.1 Å². The first-order valence-electron chi connectivity index (χ1n) is 8.44. The molecule has 1 fully saturated rings. The summed E-state index contributed by atoms with van der Waals surface area (Å²) in [5, 5.41) is 15.1. The fraction of sp³-hybridized carbons (Fsp3) is 0.333. The smallest absolute Gasteiger partial charge is 0.256 e. The van der Waals surface area contributed by atoms with Crippen LogP contribution in [-0.2, 0) is 0 Å². The molecule has 1 unspecified atom stereocenters. The molecule has 1 aliphatic rings. The number of hydrogen-bond acceptors (Lipinski definition) is 4. The summed E-state index contributed by atoms with van der Waals surface area (Å²) in [5.41, 5.74) is 2.39. The van der Waals surface area contributed by atoms with Gasteiger partial charge in [-0.2, -0.15) is 5.10 Å². The van der Waals surface area contributed by atoms with Crippen molar-refractivity contribution in [1.29, 1.82) is 0 Å². The van der Waals surface area contributed by atoms with Crippen molar-refractivity contribution in [1.82, 2.24) is 24.5 Å². The predicted molar refractivity (Wildman–Crippen MR) is 93.7 cm³/mol. The van der Waals surface area contributed by atoms with Gasteiger partial charge in [0.2, 0.25) is 0 Å². The highest BCUT2D eigenvalue weighted by molar-refractivity contribution is 6.04. The number of hydrogen-bond donors (Lipinski definition) is 1. The van der Waals surface area contributed by atoms with E-state index in [-0.39, 0.29) is 5.91 Å². The fourth-order valence-corrected chi connectivity index (χ4v) is 3.01. The Morgan fingerprint density at radius 2 is 2.04 bits per heavy atom. The minimum Gasteiger partial charge on any atom is -0.307 e. The van der Waals surface area contributed by atoms with E-state index in [1.54, 1.807) is 23.3 Å². The molecule has 0 saturated heterocycles. The number of nitrogens with zero attached hydrogens (tertiary/aromatic N) is 5. The molecular weight excluding hydrogens is 316 g/mol. The molecule has 4 rings (SSSR count). The lowest BCUT2D eigenvalue weighted by Gasteiger charge is -2.16. The van der Waals surface area contributed by atoms with E-state index in [2.05, 4.69) is 27.5 Å². The van der Waals surface area contributed by atoms with Gasteiger partial charge in [-0.3, -0.25) is 9.36 Å². The third-order valence-corrected chi connectivity index (χ3v) is 4.73. The Bertz CT molecular complexity index is 894. The van der Waals surface area contributed by atoms with Crippen LogP contribution >= 0.6 is 0 Å². The van der Waals surface area contributed by atoms with Crippen molar-refractivity contribution < 1.29 is 4.79 Å². The van der Waals surface area contributed by atoms with Gasteiger partial charge in [-0.15, -0.1) is 10.2 Å². The molecule has 2 aromatic heterocycles. The molecule has 3 aromatic rings. The lowest BCUT2D eigenvalue weighted by atomic mass is 10.2. The summed E-state index contributed by atoms with van der Waals surface area (Å²) in [7, 11) is 0. The topological polar surface area (TPSA) is 77.6 Å². The summed E-state index contributed by atoms with van der Waals surface area (Å²) in [6, 6.07) is 7.67. The van der Waals surface area contributed by atoms with Crippen molar-refractivity contribution in [3.05, 3.63) is 54.2 Å². The third kappa shape index (κ3) is 3.05. The molecule has 0 spiro atoms. The summed E-state index contributed by atoms with van der Waals surface area (Å²) in [4.78, 5) is 12.8. The van der Waals surface area contributed by atoms with Gasteiger partial charge in [0.25, 0.3) is 5.91 Å². The maximum Gasteiger partial charge on any atom is 0.256 e. The van der Waals surface area contributed by atoms with Crippen molar-refractivity contribution in [2.45, 2.75) is 32.7 Å². The number of benzene rings is 1. The van der Waals surface area contributed by atoms with Gasteiger partial charge in [0.1, 0.15) is 18.5 Å². The monoisotopic (exact) mass is 336 g/mol. The van der Waals surface area contributed by atoms with Crippen molar-refractivity contribution in [3.8, 4) is 5.69 Å². The van der Waals surface area contributed by atoms with Crippen LogP contribution in [0.25, 0.3) is 5.69 Å². The van der Waals surface area contributed by atoms with Gasteiger partial charge in [0.05, 0.1) is 12.2 Å². The van der Waals surface area contributed by atoms with Crippen molar-refractivity contribution >= 4 is 11.7 Å². The minimum absolute atomic E-state index is 0.150. The second-order valence-electron chi connectivity index (χ2n) is 6.57. The average molecular weight is 336 g/mol. The highest BCUT2D eigenvalue weighted by Gasteiger charge is 2.31. The van der Waals surface area contributed by atoms with Gasteiger partial charge < -0.3 is 5.32 Å². The van der Waals surface area contributed by atoms with Crippen LogP contribution in [0, 0.1) is 12.8 Å². The molecule has 1 aliphatic carbocycles. The second-order valence-corrected chi connectivity index (χ2v) is 6.57. The zero-order chi connectivity index (χ0) is 17.4. The summed E-state index contributed by atoms with van der Waals surface area (Å²) in [5.74, 6) is 1.29. The van der Waals surface area contributed by atoms with Gasteiger partial charge >= 0.3 is 0 Å². The maximum atomic E-state index is 12.8. The SMILES string of the molecule is Cc1cnn(C(C)C2CC2)c1NC(=O)c1cccc(-n2cnnc2)c1. The highest BCUT2D eigenvalue weighted by atomic mass is 16.1. The lowest BCUT2D eigenvalue weighted by molar-refractivity contribution is 0.102. The van der Waals surface area contributed by atoms with E-state index in [0.29, 0.717) is 17.5 Å². The van der Waals surface area contributed by atoms with Gasteiger partial charge in [-0.05, 0) is 50.8 Å². The summed E-state index contributed by atoms with van der Waals surface area (Å²) in [6.45, 7) is 4.12. The molecule has 128 valence electrons. The van der Waals surface area contributed by atoms with E-state index < -0.39 is 0 Å². The number of nitrogens with one attached hydrogen (secondary N) is 1. The molecule has 1 saturated carbocycles. The van der Waals surface area contributed by atoms with Crippen LogP contribution in [0.1, 0.15) is 41.7 Å². The lowest BCUT2D eigenvalue weighted by Crippen LogP contribution is -2.19. The van der Waals surface area contributed by atoms with Gasteiger partial charge in [-0.1, -0.05) is 6.07 Å². The number of aromatic nitrogens is 5. The fourth-order valence-electron chi connectivity index (χ4n) is 3.01. The Morgan fingerprint density at radius 3 is 2.76 bits per heavy atom. The van der Waals surface area contributed by atoms with E-state index >= 15 is 0 Å². The number of amides is 1. The van der Waals surface area contributed by atoms with Gasteiger partial charge in [0, 0.05) is 16.8 Å². The Labute approximate surface area is 145 Å². The molecule has 7 heteroatoms. The first-order chi connectivity index (χ1) is 12.1. The number of rotatable bonds is 5. The number of carbonyl (C=O) groups is 1. The summed E-state index contributed by atoms with van der Waals surface area (Å²) in [6.07, 6.45) is 7.48. The average Bonchev–Trinajstić information content (AvgIpc) is 3.21. The first-order valence-corrected chi connectivity index (χ1v) is 8.44. The van der Waals surface area contributed by atoms with Crippen LogP contribution in [-0.4, -0.2) is 30.5 Å². The molecule has 0 bridgehead atoms. The highest BCUT2D eigenvalue weighted by Crippen LogP contribution is 2.40. The van der Waals surface area contributed by atoms with Crippen LogP contribution in [0.3, 0.4) is 0 Å². The molecule has 7 nitrogen and oxygen atoms in total. The largest absolute Gasteiger partial charge is 0.307 e. The van der Waals surface area contributed by atoms with Crippen molar-refractivity contribution in [3.63, 3.8) is 0 Å². The predicted octanol–water partition coefficient (Wildman–Crippen LogP) is 3.00. The van der Waals surface area contributed by atoms with E-state index in [1.807, 2.05) is 36.0 Å². The van der Waals surface area contributed by atoms with Crippen LogP contribution < -0.4 is 5.32 Å². The third-order valence-electron chi connectivity index (χ3n) is 4.73. The quantitative estimate of drug-likeness (QED) is 0.777. The van der Waals surface area contributed by atoms with Gasteiger partial charge in [-0.25, -0.2) is 4.68 Å². The Kier molecular flexibility index (Phi) is 3.83. The number of anilines is 1. The summed E-state index contributed by atoms with van der Waals surface area (Å²) < 4.78 is 3.70. The standard InChI is InChI=1S/C18H20N6O/c1-12-9-21-24(13(2)14-6-7-14)17(12)22-18(25)15-4-3-5-16(8-15)23-10-19-20-11-23/h3-5,8-11,13-14H,6-7H2,1-2H3,(H,22,25). The van der Waals surface area contributed by atoms with E-state index in [9.17, 15) is 4.79 Å².